The molecule has 15 heavy (non-hydrogen) atoms. The molecule has 0 bridgehead atoms. The molecule has 0 spiro atoms. The molecule has 2 nitrogen and oxygen atoms in total. The van der Waals surface area contributed by atoms with Crippen LogP contribution in [0.25, 0.3) is 0 Å². The van der Waals surface area contributed by atoms with Crippen LogP contribution in [0.1, 0.15) is 44.9 Å². The van der Waals surface area contributed by atoms with Gasteiger partial charge in [-0.25, -0.2) is 0 Å². The molecule has 2 saturated carbocycles. The van der Waals surface area contributed by atoms with E-state index < -0.39 is 0 Å². The predicted molar refractivity (Wildman–Crippen MR) is 62.6 cm³/mol. The summed E-state index contributed by atoms with van der Waals surface area (Å²) in [6, 6.07) is 1.85. The lowest BCUT2D eigenvalue weighted by Crippen LogP contribution is -2.34. The minimum absolute atomic E-state index is 0.802. The Balaban J connectivity index is 1.57. The molecule has 3 aliphatic rings. The standard InChI is InChI=1S/C13H24N2/c14-8-11-7-13(6-10-2-1-3-10)15(9-11)12-4-5-12/h10-13H,1-9,14H2. The van der Waals surface area contributed by atoms with Gasteiger partial charge in [-0.05, 0) is 44.1 Å². The van der Waals surface area contributed by atoms with E-state index in [0.29, 0.717) is 0 Å². The number of rotatable bonds is 4. The van der Waals surface area contributed by atoms with Crippen molar-refractivity contribution in [3.8, 4) is 0 Å². The van der Waals surface area contributed by atoms with Gasteiger partial charge in [-0.15, -0.1) is 0 Å². The van der Waals surface area contributed by atoms with Gasteiger partial charge < -0.3 is 5.73 Å². The lowest BCUT2D eigenvalue weighted by molar-refractivity contribution is 0.174. The van der Waals surface area contributed by atoms with E-state index in [1.165, 1.54) is 51.5 Å². The monoisotopic (exact) mass is 208 g/mol. The van der Waals surface area contributed by atoms with Gasteiger partial charge in [0.2, 0.25) is 0 Å². The van der Waals surface area contributed by atoms with Crippen molar-refractivity contribution in [1.29, 1.82) is 0 Å². The molecule has 1 aliphatic heterocycles. The molecule has 3 rings (SSSR count). The first-order valence-electron chi connectivity index (χ1n) is 6.82. The van der Waals surface area contributed by atoms with Crippen molar-refractivity contribution in [2.45, 2.75) is 57.0 Å². The van der Waals surface area contributed by atoms with Crippen molar-refractivity contribution in [1.82, 2.24) is 4.90 Å². The number of nitrogens with two attached hydrogens (primary N) is 1. The highest BCUT2D eigenvalue weighted by molar-refractivity contribution is 4.96. The van der Waals surface area contributed by atoms with Crippen molar-refractivity contribution in [3.05, 3.63) is 0 Å². The summed E-state index contributed by atoms with van der Waals surface area (Å²) in [5.41, 5.74) is 5.83. The van der Waals surface area contributed by atoms with Gasteiger partial charge >= 0.3 is 0 Å². The maximum absolute atomic E-state index is 5.83. The molecule has 2 heteroatoms. The zero-order chi connectivity index (χ0) is 10.3. The highest BCUT2D eigenvalue weighted by Gasteiger charge is 2.41. The Bertz CT molecular complexity index is 221. The topological polar surface area (TPSA) is 29.3 Å². The summed E-state index contributed by atoms with van der Waals surface area (Å²) < 4.78 is 0. The number of nitrogens with zero attached hydrogens (tertiary/aromatic N) is 1. The van der Waals surface area contributed by atoms with Crippen LogP contribution in [0.4, 0.5) is 0 Å². The Hall–Kier alpha value is -0.0800. The van der Waals surface area contributed by atoms with Crippen LogP contribution in [0.15, 0.2) is 0 Å². The summed E-state index contributed by atoms with van der Waals surface area (Å²) in [4.78, 5) is 2.80. The molecule has 1 saturated heterocycles. The van der Waals surface area contributed by atoms with E-state index in [1.807, 2.05) is 0 Å². The maximum atomic E-state index is 5.83. The summed E-state index contributed by atoms with van der Waals surface area (Å²) >= 11 is 0. The first-order chi connectivity index (χ1) is 7.36. The summed E-state index contributed by atoms with van der Waals surface area (Å²) in [6.07, 6.45) is 10.3. The summed E-state index contributed by atoms with van der Waals surface area (Å²) in [5.74, 6) is 1.86. The van der Waals surface area contributed by atoms with Gasteiger partial charge in [0.05, 0.1) is 0 Å². The SMILES string of the molecule is NCC1CC(CC2CCC2)N(C2CC2)C1. The molecule has 1 heterocycles. The Morgan fingerprint density at radius 1 is 1.07 bits per heavy atom. The van der Waals surface area contributed by atoms with Crippen LogP contribution < -0.4 is 5.73 Å². The molecule has 2 unspecified atom stereocenters. The first-order valence-corrected chi connectivity index (χ1v) is 6.82. The van der Waals surface area contributed by atoms with Gasteiger partial charge in [0.25, 0.3) is 0 Å². The van der Waals surface area contributed by atoms with E-state index in [0.717, 1.165) is 30.5 Å². The average Bonchev–Trinajstić information content (AvgIpc) is 2.94. The van der Waals surface area contributed by atoms with Crippen LogP contribution in [0.3, 0.4) is 0 Å². The van der Waals surface area contributed by atoms with Gasteiger partial charge in [-0.3, -0.25) is 4.90 Å². The lowest BCUT2D eigenvalue weighted by Gasteiger charge is -2.32. The second-order valence-electron chi connectivity index (χ2n) is 5.95. The Labute approximate surface area is 93.2 Å². The second-order valence-corrected chi connectivity index (χ2v) is 5.95. The fraction of sp³-hybridized carbons (Fsp3) is 1.00. The third-order valence-electron chi connectivity index (χ3n) is 4.72. The van der Waals surface area contributed by atoms with Crippen molar-refractivity contribution >= 4 is 0 Å². The maximum Gasteiger partial charge on any atom is 0.0104 e. The van der Waals surface area contributed by atoms with Crippen molar-refractivity contribution in [2.24, 2.45) is 17.6 Å². The Kier molecular flexibility index (Phi) is 2.73. The molecular formula is C13H24N2. The average molecular weight is 208 g/mol. The number of hydrogen-bond donors (Lipinski definition) is 1. The molecule has 2 atom stereocenters. The molecule has 0 aromatic heterocycles. The van der Waals surface area contributed by atoms with Gasteiger partial charge in [-0.1, -0.05) is 19.3 Å². The van der Waals surface area contributed by atoms with Gasteiger partial charge in [0.15, 0.2) is 0 Å². The van der Waals surface area contributed by atoms with E-state index in [9.17, 15) is 0 Å². The van der Waals surface area contributed by atoms with E-state index in [4.69, 9.17) is 5.73 Å². The Morgan fingerprint density at radius 3 is 2.40 bits per heavy atom. The quantitative estimate of drug-likeness (QED) is 0.765. The van der Waals surface area contributed by atoms with Crippen molar-refractivity contribution < 1.29 is 0 Å². The zero-order valence-electron chi connectivity index (χ0n) is 9.70. The highest BCUT2D eigenvalue weighted by Crippen LogP contribution is 2.40. The summed E-state index contributed by atoms with van der Waals surface area (Å²) in [5, 5.41) is 0. The van der Waals surface area contributed by atoms with Crippen LogP contribution in [0, 0.1) is 11.8 Å². The van der Waals surface area contributed by atoms with Crippen LogP contribution in [0.5, 0.6) is 0 Å². The van der Waals surface area contributed by atoms with E-state index >= 15 is 0 Å². The van der Waals surface area contributed by atoms with E-state index in [1.54, 1.807) is 0 Å². The number of likely N-dealkylation sites (tertiary alicyclic amines) is 1. The van der Waals surface area contributed by atoms with Gasteiger partial charge in [0, 0.05) is 18.6 Å². The lowest BCUT2D eigenvalue weighted by atomic mass is 9.80. The minimum Gasteiger partial charge on any atom is -0.330 e. The molecule has 0 radical (unpaired) electrons. The van der Waals surface area contributed by atoms with E-state index in [2.05, 4.69) is 4.90 Å². The molecular weight excluding hydrogens is 184 g/mol. The Morgan fingerprint density at radius 2 is 1.87 bits per heavy atom. The third-order valence-corrected chi connectivity index (χ3v) is 4.72. The van der Waals surface area contributed by atoms with Crippen LogP contribution in [-0.4, -0.2) is 30.1 Å². The molecule has 2 N–H and O–H groups in total. The predicted octanol–water partition coefficient (Wildman–Crippen LogP) is 1.99. The van der Waals surface area contributed by atoms with Gasteiger partial charge in [0.1, 0.15) is 0 Å². The van der Waals surface area contributed by atoms with Gasteiger partial charge in [-0.2, -0.15) is 0 Å². The fourth-order valence-electron chi connectivity index (χ4n) is 3.41. The molecule has 2 aliphatic carbocycles. The summed E-state index contributed by atoms with van der Waals surface area (Å²) in [6.45, 7) is 2.21. The summed E-state index contributed by atoms with van der Waals surface area (Å²) in [7, 11) is 0. The van der Waals surface area contributed by atoms with E-state index in [-0.39, 0.29) is 0 Å². The highest BCUT2D eigenvalue weighted by atomic mass is 15.2. The third kappa shape index (κ3) is 2.07. The van der Waals surface area contributed by atoms with Crippen LogP contribution >= 0.6 is 0 Å². The first kappa shape index (κ1) is 10.1. The van der Waals surface area contributed by atoms with Crippen LogP contribution in [-0.2, 0) is 0 Å². The molecule has 86 valence electrons. The smallest absolute Gasteiger partial charge is 0.0104 e. The molecule has 0 aromatic rings. The molecule has 0 amide bonds. The fourth-order valence-corrected chi connectivity index (χ4v) is 3.41. The number of hydrogen-bond acceptors (Lipinski definition) is 2. The molecule has 3 fully saturated rings. The normalized spacial score (nSPS) is 38.2. The molecule has 0 aromatic carbocycles. The zero-order valence-corrected chi connectivity index (χ0v) is 9.70. The largest absolute Gasteiger partial charge is 0.330 e. The van der Waals surface area contributed by atoms with Crippen molar-refractivity contribution in [3.63, 3.8) is 0 Å². The second kappa shape index (κ2) is 4.06. The minimum atomic E-state index is 0.802. The van der Waals surface area contributed by atoms with Crippen LogP contribution in [0.2, 0.25) is 0 Å². The van der Waals surface area contributed by atoms with Crippen molar-refractivity contribution in [2.75, 3.05) is 13.1 Å².